The van der Waals surface area contributed by atoms with Gasteiger partial charge >= 0.3 is 0 Å². The number of hydrogen-bond acceptors (Lipinski definition) is 4. The van der Waals surface area contributed by atoms with Gasteiger partial charge in [-0.15, -0.1) is 0 Å². The molecule has 0 radical (unpaired) electrons. The maximum Gasteiger partial charge on any atom is 0.151 e. The molecule has 0 saturated heterocycles. The SMILES string of the molecule is CN(C)CCCNc1nc2ccccc2c2c1[nH]c1ccncc12. The molecule has 3 heterocycles. The predicted molar refractivity (Wildman–Crippen MR) is 101 cm³/mol. The van der Waals surface area contributed by atoms with Crippen molar-refractivity contribution in [2.24, 2.45) is 0 Å². The Bertz CT molecular complexity index is 1000. The Morgan fingerprint density at radius 1 is 1.12 bits per heavy atom. The van der Waals surface area contributed by atoms with Gasteiger partial charge < -0.3 is 15.2 Å². The molecule has 5 nitrogen and oxygen atoms in total. The van der Waals surface area contributed by atoms with Gasteiger partial charge in [-0.1, -0.05) is 18.2 Å². The summed E-state index contributed by atoms with van der Waals surface area (Å²) < 4.78 is 0. The molecule has 0 aliphatic rings. The van der Waals surface area contributed by atoms with E-state index >= 15 is 0 Å². The zero-order valence-electron chi connectivity index (χ0n) is 14.0. The average Bonchev–Trinajstić information content (AvgIpc) is 2.98. The third-order valence-corrected chi connectivity index (χ3v) is 4.32. The van der Waals surface area contributed by atoms with Crippen LogP contribution in [0.1, 0.15) is 6.42 Å². The first-order chi connectivity index (χ1) is 11.7. The van der Waals surface area contributed by atoms with E-state index < -0.39 is 0 Å². The molecule has 0 bridgehead atoms. The Kier molecular flexibility index (Phi) is 3.78. The lowest BCUT2D eigenvalue weighted by Crippen LogP contribution is -2.16. The highest BCUT2D eigenvalue weighted by Gasteiger charge is 2.13. The topological polar surface area (TPSA) is 56.8 Å². The van der Waals surface area contributed by atoms with E-state index in [1.54, 1.807) is 0 Å². The quantitative estimate of drug-likeness (QED) is 0.552. The van der Waals surface area contributed by atoms with Crippen LogP contribution in [-0.4, -0.2) is 47.0 Å². The standard InChI is InChI=1S/C19H21N5/c1-24(2)11-5-9-21-19-18-17(13-6-3-4-7-15(13)23-19)14-12-20-10-8-16(14)22-18/h3-4,6-8,10,12,22H,5,9,11H2,1-2H3,(H,21,23). The number of pyridine rings is 2. The molecule has 0 amide bonds. The number of anilines is 1. The molecule has 0 saturated carbocycles. The fourth-order valence-electron chi connectivity index (χ4n) is 3.18. The highest BCUT2D eigenvalue weighted by molar-refractivity contribution is 6.21. The van der Waals surface area contributed by atoms with E-state index in [4.69, 9.17) is 4.98 Å². The zero-order valence-corrected chi connectivity index (χ0v) is 14.0. The highest BCUT2D eigenvalue weighted by Crippen LogP contribution is 2.34. The normalized spacial score (nSPS) is 11.8. The summed E-state index contributed by atoms with van der Waals surface area (Å²) in [6.07, 6.45) is 4.82. The van der Waals surface area contributed by atoms with Gasteiger partial charge in [-0.25, -0.2) is 4.98 Å². The number of H-pyrrole nitrogens is 1. The lowest BCUT2D eigenvalue weighted by molar-refractivity contribution is 0.405. The van der Waals surface area contributed by atoms with Gasteiger partial charge in [0.05, 0.1) is 11.0 Å². The first-order valence-corrected chi connectivity index (χ1v) is 8.27. The highest BCUT2D eigenvalue weighted by atomic mass is 15.1. The van der Waals surface area contributed by atoms with Crippen molar-refractivity contribution < 1.29 is 0 Å². The number of hydrogen-bond donors (Lipinski definition) is 2. The second-order valence-corrected chi connectivity index (χ2v) is 6.36. The van der Waals surface area contributed by atoms with Crippen LogP contribution in [0.25, 0.3) is 32.7 Å². The second-order valence-electron chi connectivity index (χ2n) is 6.36. The maximum atomic E-state index is 4.84. The van der Waals surface area contributed by atoms with Gasteiger partial charge in [0.1, 0.15) is 0 Å². The summed E-state index contributed by atoms with van der Waals surface area (Å²) in [5, 5.41) is 7.00. The van der Waals surface area contributed by atoms with Gasteiger partial charge in [-0.05, 0) is 39.2 Å². The Morgan fingerprint density at radius 2 is 2.00 bits per heavy atom. The van der Waals surface area contributed by atoms with E-state index in [2.05, 4.69) is 52.5 Å². The molecule has 0 unspecified atom stereocenters. The molecule has 0 fully saturated rings. The monoisotopic (exact) mass is 319 g/mol. The number of aromatic nitrogens is 3. The smallest absolute Gasteiger partial charge is 0.151 e. The van der Waals surface area contributed by atoms with Crippen LogP contribution in [-0.2, 0) is 0 Å². The summed E-state index contributed by atoms with van der Waals surface area (Å²) in [4.78, 5) is 14.8. The first-order valence-electron chi connectivity index (χ1n) is 8.27. The van der Waals surface area contributed by atoms with Crippen LogP contribution in [0.4, 0.5) is 5.82 Å². The first kappa shape index (κ1) is 14.9. The van der Waals surface area contributed by atoms with E-state index in [1.165, 1.54) is 5.39 Å². The van der Waals surface area contributed by atoms with Crippen molar-refractivity contribution in [3.05, 3.63) is 42.7 Å². The number of nitrogens with zero attached hydrogens (tertiary/aromatic N) is 3. The Hall–Kier alpha value is -2.66. The van der Waals surface area contributed by atoms with E-state index in [0.717, 1.165) is 52.7 Å². The lowest BCUT2D eigenvalue weighted by Gasteiger charge is -2.11. The molecule has 2 N–H and O–H groups in total. The van der Waals surface area contributed by atoms with E-state index in [0.29, 0.717) is 0 Å². The zero-order chi connectivity index (χ0) is 16.5. The van der Waals surface area contributed by atoms with Gasteiger partial charge in [-0.3, -0.25) is 4.98 Å². The van der Waals surface area contributed by atoms with E-state index in [-0.39, 0.29) is 0 Å². The van der Waals surface area contributed by atoms with Gasteiger partial charge in [-0.2, -0.15) is 0 Å². The molecule has 24 heavy (non-hydrogen) atoms. The molecule has 0 aliphatic carbocycles. The fourth-order valence-corrected chi connectivity index (χ4v) is 3.18. The summed E-state index contributed by atoms with van der Waals surface area (Å²) in [5.74, 6) is 0.915. The summed E-state index contributed by atoms with van der Waals surface area (Å²) in [5.41, 5.74) is 3.15. The predicted octanol–water partition coefficient (Wildman–Crippen LogP) is 3.63. The van der Waals surface area contributed by atoms with Crippen molar-refractivity contribution in [1.29, 1.82) is 0 Å². The maximum absolute atomic E-state index is 4.84. The van der Waals surface area contributed by atoms with Crippen LogP contribution in [0.3, 0.4) is 0 Å². The number of nitrogens with one attached hydrogen (secondary N) is 2. The molecule has 122 valence electrons. The van der Waals surface area contributed by atoms with Crippen LogP contribution in [0, 0.1) is 0 Å². The fraction of sp³-hybridized carbons (Fsp3) is 0.263. The Labute approximate surface area is 140 Å². The Morgan fingerprint density at radius 3 is 2.88 bits per heavy atom. The van der Waals surface area contributed by atoms with Crippen LogP contribution in [0.5, 0.6) is 0 Å². The number of fused-ring (bicyclic) bond motifs is 5. The van der Waals surface area contributed by atoms with Crippen LogP contribution >= 0.6 is 0 Å². The molecule has 0 atom stereocenters. The molecule has 4 aromatic rings. The van der Waals surface area contributed by atoms with Crippen LogP contribution < -0.4 is 5.32 Å². The average molecular weight is 319 g/mol. The number of rotatable bonds is 5. The summed E-state index contributed by atoms with van der Waals surface area (Å²) in [7, 11) is 4.19. The van der Waals surface area contributed by atoms with Crippen molar-refractivity contribution in [3.8, 4) is 0 Å². The third-order valence-electron chi connectivity index (χ3n) is 4.32. The molecule has 0 spiro atoms. The molecular formula is C19H21N5. The number of aromatic amines is 1. The largest absolute Gasteiger partial charge is 0.368 e. The molecule has 3 aromatic heterocycles. The summed E-state index contributed by atoms with van der Waals surface area (Å²) >= 11 is 0. The van der Waals surface area contributed by atoms with Crippen molar-refractivity contribution in [2.45, 2.75) is 6.42 Å². The minimum Gasteiger partial charge on any atom is -0.368 e. The van der Waals surface area contributed by atoms with Gasteiger partial charge in [0.25, 0.3) is 0 Å². The summed E-state index contributed by atoms with van der Waals surface area (Å²) in [6, 6.07) is 10.3. The third kappa shape index (κ3) is 2.57. The van der Waals surface area contributed by atoms with Crippen molar-refractivity contribution in [2.75, 3.05) is 32.5 Å². The molecule has 1 aromatic carbocycles. The van der Waals surface area contributed by atoms with Gasteiger partial charge in [0, 0.05) is 40.6 Å². The lowest BCUT2D eigenvalue weighted by atomic mass is 10.1. The number of para-hydroxylation sites is 1. The van der Waals surface area contributed by atoms with Crippen molar-refractivity contribution >= 4 is 38.5 Å². The van der Waals surface area contributed by atoms with Crippen LogP contribution in [0.2, 0.25) is 0 Å². The molecule has 4 rings (SSSR count). The van der Waals surface area contributed by atoms with E-state index in [1.807, 2.05) is 24.5 Å². The summed E-state index contributed by atoms with van der Waals surface area (Å²) in [6.45, 7) is 1.95. The minimum absolute atomic E-state index is 0.895. The van der Waals surface area contributed by atoms with Gasteiger partial charge in [0.2, 0.25) is 0 Å². The molecular weight excluding hydrogens is 298 g/mol. The minimum atomic E-state index is 0.895. The van der Waals surface area contributed by atoms with E-state index in [9.17, 15) is 0 Å². The Balaban J connectivity index is 1.85. The number of benzene rings is 1. The van der Waals surface area contributed by atoms with Crippen molar-refractivity contribution in [3.63, 3.8) is 0 Å². The molecule has 5 heteroatoms. The van der Waals surface area contributed by atoms with Gasteiger partial charge in [0.15, 0.2) is 5.82 Å². The molecule has 0 aliphatic heterocycles. The van der Waals surface area contributed by atoms with Crippen molar-refractivity contribution in [1.82, 2.24) is 19.9 Å². The second kappa shape index (κ2) is 6.09. The van der Waals surface area contributed by atoms with Crippen LogP contribution in [0.15, 0.2) is 42.7 Å².